The molecule has 0 bridgehead atoms. The third kappa shape index (κ3) is 3.36. The van der Waals surface area contributed by atoms with Crippen LogP contribution in [0.25, 0.3) is 0 Å². The lowest BCUT2D eigenvalue weighted by Gasteiger charge is -2.14. The standard InChI is InChI=1S/C18H19ClN2O3/c19-15-8-4-1-5-12(15)11-20-16(22)9-10-21-17(23)13-6-2-3-7-14(13)18(21)24/h1-5,8,13-14H,6-7,9-11H2,(H,20,22)/t13-,14-/m0/s1. The molecular formula is C18H19ClN2O3. The van der Waals surface area contributed by atoms with E-state index in [4.69, 9.17) is 11.6 Å². The Labute approximate surface area is 145 Å². The number of allylic oxidation sites excluding steroid dienone is 2. The molecule has 3 amide bonds. The van der Waals surface area contributed by atoms with Gasteiger partial charge in [0.2, 0.25) is 17.7 Å². The summed E-state index contributed by atoms with van der Waals surface area (Å²) in [5.41, 5.74) is 0.831. The second-order valence-electron chi connectivity index (χ2n) is 6.10. The van der Waals surface area contributed by atoms with E-state index in [2.05, 4.69) is 5.32 Å². The quantitative estimate of drug-likeness (QED) is 0.657. The lowest BCUT2D eigenvalue weighted by molar-refractivity contribution is -0.140. The predicted octanol–water partition coefficient (Wildman–Crippen LogP) is 2.30. The first-order valence-electron chi connectivity index (χ1n) is 8.08. The molecule has 1 fully saturated rings. The third-order valence-electron chi connectivity index (χ3n) is 4.60. The Balaban J connectivity index is 1.51. The molecule has 1 N–H and O–H groups in total. The van der Waals surface area contributed by atoms with Crippen molar-refractivity contribution in [2.75, 3.05) is 6.54 Å². The summed E-state index contributed by atoms with van der Waals surface area (Å²) in [7, 11) is 0. The molecule has 1 aliphatic heterocycles. The van der Waals surface area contributed by atoms with Gasteiger partial charge in [0.05, 0.1) is 11.8 Å². The second-order valence-corrected chi connectivity index (χ2v) is 6.51. The normalized spacial score (nSPS) is 22.6. The van der Waals surface area contributed by atoms with Crippen molar-refractivity contribution in [1.29, 1.82) is 0 Å². The Morgan fingerprint density at radius 2 is 1.75 bits per heavy atom. The summed E-state index contributed by atoms with van der Waals surface area (Å²) in [5.74, 6) is -0.979. The molecule has 1 heterocycles. The van der Waals surface area contributed by atoms with Crippen LogP contribution in [0.15, 0.2) is 36.4 Å². The molecule has 6 heteroatoms. The zero-order valence-corrected chi connectivity index (χ0v) is 14.0. The smallest absolute Gasteiger partial charge is 0.233 e. The van der Waals surface area contributed by atoms with E-state index in [-0.39, 0.29) is 42.5 Å². The number of amides is 3. The van der Waals surface area contributed by atoms with Gasteiger partial charge in [0, 0.05) is 24.5 Å². The van der Waals surface area contributed by atoms with E-state index in [1.54, 1.807) is 6.07 Å². The van der Waals surface area contributed by atoms with E-state index in [1.165, 1.54) is 4.90 Å². The molecule has 0 radical (unpaired) electrons. The molecule has 3 rings (SSSR count). The van der Waals surface area contributed by atoms with Crippen molar-refractivity contribution in [3.63, 3.8) is 0 Å². The minimum atomic E-state index is -0.242. The van der Waals surface area contributed by atoms with Crippen LogP contribution < -0.4 is 5.32 Å². The number of nitrogens with zero attached hydrogens (tertiary/aromatic N) is 1. The molecule has 2 atom stereocenters. The largest absolute Gasteiger partial charge is 0.352 e. The van der Waals surface area contributed by atoms with Gasteiger partial charge in [-0.25, -0.2) is 0 Å². The van der Waals surface area contributed by atoms with Crippen molar-refractivity contribution in [1.82, 2.24) is 10.2 Å². The average molecular weight is 347 g/mol. The van der Waals surface area contributed by atoms with E-state index < -0.39 is 0 Å². The van der Waals surface area contributed by atoms with Crippen LogP contribution in [0.5, 0.6) is 0 Å². The number of nitrogens with one attached hydrogen (secondary N) is 1. The summed E-state index contributed by atoms with van der Waals surface area (Å²) >= 11 is 6.04. The van der Waals surface area contributed by atoms with Crippen molar-refractivity contribution in [3.8, 4) is 0 Å². The van der Waals surface area contributed by atoms with Gasteiger partial charge in [-0.3, -0.25) is 19.3 Å². The van der Waals surface area contributed by atoms with Crippen LogP contribution in [0.2, 0.25) is 5.02 Å². The van der Waals surface area contributed by atoms with Crippen LogP contribution in [-0.2, 0) is 20.9 Å². The summed E-state index contributed by atoms with van der Waals surface area (Å²) in [6.45, 7) is 0.467. The molecular weight excluding hydrogens is 328 g/mol. The molecule has 0 saturated carbocycles. The van der Waals surface area contributed by atoms with Gasteiger partial charge in [-0.2, -0.15) is 0 Å². The zero-order chi connectivity index (χ0) is 17.1. The molecule has 2 aliphatic rings. The van der Waals surface area contributed by atoms with Gasteiger partial charge in [0.15, 0.2) is 0 Å². The maximum Gasteiger partial charge on any atom is 0.233 e. The Hall–Kier alpha value is -2.14. The maximum absolute atomic E-state index is 12.3. The number of carbonyl (C=O) groups is 3. The van der Waals surface area contributed by atoms with Gasteiger partial charge >= 0.3 is 0 Å². The van der Waals surface area contributed by atoms with Crippen LogP contribution in [0.3, 0.4) is 0 Å². The first-order chi connectivity index (χ1) is 11.6. The van der Waals surface area contributed by atoms with Gasteiger partial charge in [0.1, 0.15) is 0 Å². The fourth-order valence-electron chi connectivity index (χ4n) is 3.23. The van der Waals surface area contributed by atoms with Crippen LogP contribution in [0.4, 0.5) is 0 Å². The van der Waals surface area contributed by atoms with E-state index in [1.807, 2.05) is 30.4 Å². The molecule has 126 valence electrons. The van der Waals surface area contributed by atoms with Crippen LogP contribution in [0.1, 0.15) is 24.8 Å². The SMILES string of the molecule is O=C(CCN1C(=O)[C@H]2CC=CC[C@@H]2C1=O)NCc1ccccc1Cl. The highest BCUT2D eigenvalue weighted by molar-refractivity contribution is 6.31. The van der Waals surface area contributed by atoms with Crippen molar-refractivity contribution in [2.24, 2.45) is 11.8 Å². The third-order valence-corrected chi connectivity index (χ3v) is 4.96. The molecule has 1 aliphatic carbocycles. The Morgan fingerprint density at radius 1 is 1.12 bits per heavy atom. The number of imide groups is 1. The fraction of sp³-hybridized carbons (Fsp3) is 0.389. The Bertz CT molecular complexity index is 675. The first-order valence-corrected chi connectivity index (χ1v) is 8.46. The summed E-state index contributed by atoms with van der Waals surface area (Å²) in [6.07, 6.45) is 5.24. The number of hydrogen-bond donors (Lipinski definition) is 1. The average Bonchev–Trinajstić information content (AvgIpc) is 2.84. The Morgan fingerprint density at radius 3 is 2.38 bits per heavy atom. The molecule has 0 unspecified atom stereocenters. The zero-order valence-electron chi connectivity index (χ0n) is 13.2. The van der Waals surface area contributed by atoms with Crippen molar-refractivity contribution >= 4 is 29.3 Å². The molecule has 24 heavy (non-hydrogen) atoms. The van der Waals surface area contributed by atoms with Crippen molar-refractivity contribution < 1.29 is 14.4 Å². The van der Waals surface area contributed by atoms with Gasteiger partial charge < -0.3 is 5.32 Å². The Kier molecular flexibility index (Phi) is 5.00. The van der Waals surface area contributed by atoms with E-state index >= 15 is 0 Å². The number of fused-ring (bicyclic) bond motifs is 1. The van der Waals surface area contributed by atoms with Gasteiger partial charge in [-0.1, -0.05) is 42.0 Å². The minimum absolute atomic E-state index is 0.106. The molecule has 1 aromatic rings. The summed E-state index contributed by atoms with van der Waals surface area (Å²) < 4.78 is 0. The summed E-state index contributed by atoms with van der Waals surface area (Å²) in [5, 5.41) is 3.37. The molecule has 5 nitrogen and oxygen atoms in total. The van der Waals surface area contributed by atoms with Gasteiger partial charge in [0.25, 0.3) is 0 Å². The maximum atomic E-state index is 12.3. The highest BCUT2D eigenvalue weighted by Crippen LogP contribution is 2.34. The second kappa shape index (κ2) is 7.18. The minimum Gasteiger partial charge on any atom is -0.352 e. The highest BCUT2D eigenvalue weighted by Gasteiger charge is 2.46. The number of likely N-dealkylation sites (tertiary alicyclic amines) is 1. The number of rotatable bonds is 5. The summed E-state index contributed by atoms with van der Waals surface area (Å²) in [4.78, 5) is 37.9. The van der Waals surface area contributed by atoms with E-state index in [0.717, 1.165) is 5.56 Å². The predicted molar refractivity (Wildman–Crippen MR) is 90.0 cm³/mol. The number of halogens is 1. The van der Waals surface area contributed by atoms with E-state index in [9.17, 15) is 14.4 Å². The lowest BCUT2D eigenvalue weighted by atomic mass is 9.85. The van der Waals surface area contributed by atoms with Crippen molar-refractivity contribution in [3.05, 3.63) is 47.0 Å². The van der Waals surface area contributed by atoms with Gasteiger partial charge in [-0.05, 0) is 24.5 Å². The molecule has 0 aromatic heterocycles. The first kappa shape index (κ1) is 16.7. The number of hydrogen-bond acceptors (Lipinski definition) is 3. The fourth-order valence-corrected chi connectivity index (χ4v) is 3.43. The van der Waals surface area contributed by atoms with E-state index in [0.29, 0.717) is 24.4 Å². The lowest BCUT2D eigenvalue weighted by Crippen LogP contribution is -2.35. The molecule has 1 saturated heterocycles. The monoisotopic (exact) mass is 346 g/mol. The van der Waals surface area contributed by atoms with Crippen molar-refractivity contribution in [2.45, 2.75) is 25.8 Å². The number of carbonyl (C=O) groups excluding carboxylic acids is 3. The highest BCUT2D eigenvalue weighted by atomic mass is 35.5. The molecule has 1 aromatic carbocycles. The summed E-state index contributed by atoms with van der Waals surface area (Å²) in [6, 6.07) is 7.28. The van der Waals surface area contributed by atoms with Crippen LogP contribution >= 0.6 is 11.6 Å². The van der Waals surface area contributed by atoms with Crippen LogP contribution in [-0.4, -0.2) is 29.2 Å². The topological polar surface area (TPSA) is 66.5 Å². The van der Waals surface area contributed by atoms with Crippen LogP contribution in [0, 0.1) is 11.8 Å². The van der Waals surface area contributed by atoms with Gasteiger partial charge in [-0.15, -0.1) is 0 Å². The molecule has 0 spiro atoms. The number of benzene rings is 1.